The number of piperidine rings is 1. The monoisotopic (exact) mass is 577 g/mol. The number of fused-ring (bicyclic) bond motifs is 5. The molecule has 0 aromatic heterocycles. The normalized spacial score (nSPS) is 19.0. The SMILES string of the molecule is COc1ccc2cc1OCC(=O)NCc1cc(F)cc(c1)O[C@@H]1CCN(C(=O)Cc3ccc(CO)cc3)C[C@@H]1NC2=O. The number of halogens is 1. The lowest BCUT2D eigenvalue weighted by atomic mass is 9.99. The number of carbonyl (C=O) groups excluding carboxylic acids is 3. The highest BCUT2D eigenvalue weighted by atomic mass is 19.1. The van der Waals surface area contributed by atoms with E-state index in [0.717, 1.165) is 11.1 Å². The lowest BCUT2D eigenvalue weighted by Crippen LogP contribution is -2.58. The average Bonchev–Trinajstić information content (AvgIpc) is 2.99. The van der Waals surface area contributed by atoms with Crippen LogP contribution in [0.15, 0.2) is 60.7 Å². The molecule has 5 rings (SSSR count). The van der Waals surface area contributed by atoms with Gasteiger partial charge in [0.25, 0.3) is 11.8 Å². The molecule has 3 amide bonds. The maximum atomic E-state index is 14.5. The van der Waals surface area contributed by atoms with Crippen LogP contribution in [0.2, 0.25) is 0 Å². The van der Waals surface area contributed by atoms with E-state index in [2.05, 4.69) is 10.6 Å². The van der Waals surface area contributed by atoms with Crippen molar-refractivity contribution in [3.63, 3.8) is 0 Å². The molecule has 3 N–H and O–H groups in total. The summed E-state index contributed by atoms with van der Waals surface area (Å²) in [6.07, 6.45) is -0.0107. The summed E-state index contributed by atoms with van der Waals surface area (Å²) in [5.74, 6) is -0.718. The third kappa shape index (κ3) is 6.98. The van der Waals surface area contributed by atoms with E-state index in [0.29, 0.717) is 24.3 Å². The first-order valence-electron chi connectivity index (χ1n) is 13.6. The minimum atomic E-state index is -0.613. The predicted octanol–water partition coefficient (Wildman–Crippen LogP) is 2.36. The number of benzene rings is 3. The van der Waals surface area contributed by atoms with E-state index in [1.807, 2.05) is 0 Å². The molecule has 3 aromatic carbocycles. The lowest BCUT2D eigenvalue weighted by molar-refractivity contribution is -0.133. The molecule has 2 heterocycles. The molecule has 42 heavy (non-hydrogen) atoms. The fourth-order valence-corrected chi connectivity index (χ4v) is 5.03. The first-order valence-corrected chi connectivity index (χ1v) is 13.6. The standard InChI is InChI=1S/C31H32FN3O7/c1-40-27-7-6-22-13-28(27)41-18-29(37)33-15-21-10-23(32)14-24(11-21)42-26-8-9-35(16-25(26)34-31(22)39)30(38)12-19-2-4-20(17-36)5-3-19/h2-7,10-11,13-14,25-26,36H,8-9,12,15-18H2,1H3,(H,33,37)(H,34,39)/t25-,26+/m0/s1. The smallest absolute Gasteiger partial charge is 0.258 e. The Morgan fingerprint density at radius 2 is 1.88 bits per heavy atom. The van der Waals surface area contributed by atoms with Gasteiger partial charge in [-0.3, -0.25) is 14.4 Å². The Labute approximate surface area is 242 Å². The zero-order valence-corrected chi connectivity index (χ0v) is 23.1. The molecular weight excluding hydrogens is 545 g/mol. The average molecular weight is 578 g/mol. The summed E-state index contributed by atoms with van der Waals surface area (Å²) < 4.78 is 31.7. The third-order valence-corrected chi connectivity index (χ3v) is 7.27. The zero-order chi connectivity index (χ0) is 29.6. The van der Waals surface area contributed by atoms with Crippen molar-refractivity contribution in [3.05, 3.63) is 88.7 Å². The maximum Gasteiger partial charge on any atom is 0.258 e. The molecule has 10 nitrogen and oxygen atoms in total. The van der Waals surface area contributed by atoms with Crippen LogP contribution in [0.4, 0.5) is 4.39 Å². The van der Waals surface area contributed by atoms with Gasteiger partial charge in [0.2, 0.25) is 5.91 Å². The number of aliphatic hydroxyl groups excluding tert-OH is 1. The van der Waals surface area contributed by atoms with Crippen molar-refractivity contribution in [1.29, 1.82) is 0 Å². The van der Waals surface area contributed by atoms with Gasteiger partial charge in [0, 0.05) is 37.7 Å². The van der Waals surface area contributed by atoms with E-state index in [-0.39, 0.29) is 55.7 Å². The largest absolute Gasteiger partial charge is 0.493 e. The first kappa shape index (κ1) is 28.9. The Morgan fingerprint density at radius 1 is 1.10 bits per heavy atom. The van der Waals surface area contributed by atoms with E-state index in [1.165, 1.54) is 25.3 Å². The third-order valence-electron chi connectivity index (χ3n) is 7.27. The molecule has 2 atom stereocenters. The lowest BCUT2D eigenvalue weighted by Gasteiger charge is -2.39. The Balaban J connectivity index is 1.41. The number of aliphatic hydroxyl groups is 1. The van der Waals surface area contributed by atoms with Crippen LogP contribution in [0.3, 0.4) is 0 Å². The molecule has 220 valence electrons. The number of nitrogens with zero attached hydrogens (tertiary/aromatic N) is 1. The summed E-state index contributed by atoms with van der Waals surface area (Å²) in [6, 6.07) is 15.4. The van der Waals surface area contributed by atoms with Crippen molar-refractivity contribution in [2.75, 3.05) is 26.8 Å². The van der Waals surface area contributed by atoms with Crippen LogP contribution < -0.4 is 24.8 Å². The van der Waals surface area contributed by atoms with Crippen LogP contribution in [-0.2, 0) is 29.2 Å². The van der Waals surface area contributed by atoms with Crippen molar-refractivity contribution >= 4 is 17.7 Å². The second-order valence-corrected chi connectivity index (χ2v) is 10.2. The number of hydrogen-bond acceptors (Lipinski definition) is 7. The van der Waals surface area contributed by atoms with Crippen molar-refractivity contribution in [2.24, 2.45) is 0 Å². The molecule has 1 saturated heterocycles. The van der Waals surface area contributed by atoms with Gasteiger partial charge in [-0.25, -0.2) is 4.39 Å². The van der Waals surface area contributed by atoms with Gasteiger partial charge in [0.15, 0.2) is 18.1 Å². The topological polar surface area (TPSA) is 126 Å². The van der Waals surface area contributed by atoms with Gasteiger partial charge in [-0.15, -0.1) is 0 Å². The Bertz CT molecular complexity index is 1460. The van der Waals surface area contributed by atoms with Crippen molar-refractivity contribution in [2.45, 2.75) is 38.1 Å². The van der Waals surface area contributed by atoms with Crippen molar-refractivity contribution in [1.82, 2.24) is 15.5 Å². The van der Waals surface area contributed by atoms with E-state index < -0.39 is 29.8 Å². The van der Waals surface area contributed by atoms with Crippen LogP contribution >= 0.6 is 0 Å². The number of nitrogens with one attached hydrogen (secondary N) is 2. The number of likely N-dealkylation sites (tertiary alicyclic amines) is 1. The van der Waals surface area contributed by atoms with Crippen molar-refractivity contribution < 1.29 is 38.1 Å². The highest BCUT2D eigenvalue weighted by Crippen LogP contribution is 2.29. The number of rotatable bonds is 4. The Morgan fingerprint density at radius 3 is 2.64 bits per heavy atom. The molecular formula is C31H32FN3O7. The Hall–Kier alpha value is -4.64. The highest BCUT2D eigenvalue weighted by Gasteiger charge is 2.34. The second-order valence-electron chi connectivity index (χ2n) is 10.2. The molecule has 4 bridgehead atoms. The Kier molecular flexibility index (Phi) is 8.87. The van der Waals surface area contributed by atoms with Gasteiger partial charge in [-0.05, 0) is 47.0 Å². The first-order chi connectivity index (χ1) is 20.3. The van der Waals surface area contributed by atoms with Crippen LogP contribution in [0.5, 0.6) is 17.2 Å². The summed E-state index contributed by atoms with van der Waals surface area (Å²) in [5.41, 5.74) is 2.32. The molecule has 2 aliphatic rings. The van der Waals surface area contributed by atoms with Crippen LogP contribution in [0.1, 0.15) is 33.5 Å². The van der Waals surface area contributed by atoms with Gasteiger partial charge in [-0.2, -0.15) is 0 Å². The molecule has 0 aliphatic carbocycles. The molecule has 0 saturated carbocycles. The fraction of sp³-hybridized carbons (Fsp3) is 0.323. The van der Waals surface area contributed by atoms with Gasteiger partial charge < -0.3 is 34.9 Å². The minimum Gasteiger partial charge on any atom is -0.493 e. The predicted molar refractivity (Wildman–Crippen MR) is 150 cm³/mol. The number of carbonyl (C=O) groups is 3. The minimum absolute atomic E-state index is 0.0554. The summed E-state index contributed by atoms with van der Waals surface area (Å²) in [7, 11) is 1.45. The summed E-state index contributed by atoms with van der Waals surface area (Å²) in [5, 5.41) is 15.0. The molecule has 0 spiro atoms. The maximum absolute atomic E-state index is 14.5. The number of ether oxygens (including phenoxy) is 3. The van der Waals surface area contributed by atoms with Crippen LogP contribution in [-0.4, -0.2) is 66.7 Å². The van der Waals surface area contributed by atoms with E-state index in [4.69, 9.17) is 14.2 Å². The summed E-state index contributed by atoms with van der Waals surface area (Å²) >= 11 is 0. The van der Waals surface area contributed by atoms with Crippen LogP contribution in [0, 0.1) is 5.82 Å². The second kappa shape index (κ2) is 12.9. The molecule has 0 unspecified atom stereocenters. The van der Waals surface area contributed by atoms with Crippen molar-refractivity contribution in [3.8, 4) is 17.2 Å². The summed E-state index contributed by atoms with van der Waals surface area (Å²) in [6.45, 7) is 0.196. The molecule has 1 fully saturated rings. The van der Waals surface area contributed by atoms with E-state index in [1.54, 1.807) is 47.4 Å². The molecule has 11 heteroatoms. The van der Waals surface area contributed by atoms with Gasteiger partial charge in [0.05, 0.1) is 26.2 Å². The molecule has 3 aromatic rings. The number of amides is 3. The zero-order valence-electron chi connectivity index (χ0n) is 23.1. The molecule has 2 aliphatic heterocycles. The quantitative estimate of drug-likeness (QED) is 0.435. The fourth-order valence-electron chi connectivity index (χ4n) is 5.03. The molecule has 0 radical (unpaired) electrons. The van der Waals surface area contributed by atoms with E-state index in [9.17, 15) is 23.9 Å². The van der Waals surface area contributed by atoms with E-state index >= 15 is 0 Å². The van der Waals surface area contributed by atoms with Gasteiger partial charge in [-0.1, -0.05) is 24.3 Å². The van der Waals surface area contributed by atoms with Gasteiger partial charge >= 0.3 is 0 Å². The number of methoxy groups -OCH3 is 1. The number of hydrogen-bond donors (Lipinski definition) is 3. The van der Waals surface area contributed by atoms with Gasteiger partial charge in [0.1, 0.15) is 17.7 Å². The summed E-state index contributed by atoms with van der Waals surface area (Å²) in [4.78, 5) is 40.8. The van der Waals surface area contributed by atoms with Crippen LogP contribution in [0.25, 0.3) is 0 Å². The highest BCUT2D eigenvalue weighted by molar-refractivity contribution is 5.95.